The van der Waals surface area contributed by atoms with Crippen LogP contribution in [0.4, 0.5) is 4.39 Å². The third-order valence-corrected chi connectivity index (χ3v) is 4.20. The van der Waals surface area contributed by atoms with Crippen molar-refractivity contribution in [1.82, 2.24) is 14.5 Å². The summed E-state index contributed by atoms with van der Waals surface area (Å²) >= 11 is 1.23. The minimum atomic E-state index is -1.38. The molecule has 0 bridgehead atoms. The third-order valence-electron chi connectivity index (χ3n) is 3.06. The lowest BCUT2D eigenvalue weighted by molar-refractivity contribution is 0.386. The first kappa shape index (κ1) is 12.1. The van der Waals surface area contributed by atoms with Gasteiger partial charge in [0.05, 0.1) is 5.69 Å². The van der Waals surface area contributed by atoms with Crippen molar-refractivity contribution >= 4 is 11.3 Å². The Balaban J connectivity index is 2.22. The van der Waals surface area contributed by atoms with Crippen LogP contribution < -0.4 is 11.2 Å². The van der Waals surface area contributed by atoms with E-state index in [1.165, 1.54) is 11.3 Å². The number of fused-ring (bicyclic) bond motifs is 1. The van der Waals surface area contributed by atoms with E-state index in [1.807, 2.05) is 4.98 Å². The van der Waals surface area contributed by atoms with Crippen molar-refractivity contribution in [3.8, 4) is 11.0 Å². The molecular weight excluding hydrogens is 273 g/mol. The van der Waals surface area contributed by atoms with Gasteiger partial charge in [0.25, 0.3) is 5.56 Å². The standard InChI is InChI=1S/C11H10FN3O3S/c12-7-8(16)14-10(18)15(9(7)17)11-13-5-3-1-2-4-6(5)19-11/h17H,1-4H2,(H,14,16,18). The second-order valence-electron chi connectivity index (χ2n) is 4.31. The largest absolute Gasteiger partial charge is 0.492 e. The van der Waals surface area contributed by atoms with Gasteiger partial charge in [-0.15, -0.1) is 11.3 Å². The predicted molar refractivity (Wildman–Crippen MR) is 66.6 cm³/mol. The van der Waals surface area contributed by atoms with Crippen LogP contribution in [0.5, 0.6) is 5.88 Å². The van der Waals surface area contributed by atoms with Crippen LogP contribution >= 0.6 is 11.3 Å². The summed E-state index contributed by atoms with van der Waals surface area (Å²) in [4.78, 5) is 29.8. The SMILES string of the molecule is O=c1[nH]c(=O)n(-c2nc3c(s2)CCCC3)c(O)c1F. The smallest absolute Gasteiger partial charge is 0.337 e. The highest BCUT2D eigenvalue weighted by molar-refractivity contribution is 7.14. The number of aromatic amines is 1. The fraction of sp³-hybridized carbons (Fsp3) is 0.364. The number of rotatable bonds is 1. The van der Waals surface area contributed by atoms with Gasteiger partial charge in [0.15, 0.2) is 0 Å². The Morgan fingerprint density at radius 1 is 1.32 bits per heavy atom. The molecule has 8 heteroatoms. The molecule has 0 aromatic carbocycles. The van der Waals surface area contributed by atoms with E-state index in [0.717, 1.165) is 36.3 Å². The van der Waals surface area contributed by atoms with Gasteiger partial charge < -0.3 is 5.11 Å². The van der Waals surface area contributed by atoms with Crippen LogP contribution in [0.2, 0.25) is 0 Å². The molecule has 6 nitrogen and oxygen atoms in total. The molecule has 0 amide bonds. The molecule has 0 unspecified atom stereocenters. The summed E-state index contributed by atoms with van der Waals surface area (Å²) in [6.07, 6.45) is 3.76. The Kier molecular flexibility index (Phi) is 2.74. The maximum absolute atomic E-state index is 13.4. The van der Waals surface area contributed by atoms with Crippen LogP contribution in [-0.4, -0.2) is 19.6 Å². The molecule has 1 aliphatic rings. The van der Waals surface area contributed by atoms with Gasteiger partial charge in [-0.05, 0) is 25.7 Å². The maximum Gasteiger partial charge on any atom is 0.337 e. The monoisotopic (exact) mass is 283 g/mol. The van der Waals surface area contributed by atoms with Gasteiger partial charge in [0, 0.05) is 4.88 Å². The Morgan fingerprint density at radius 3 is 2.79 bits per heavy atom. The van der Waals surface area contributed by atoms with Crippen LogP contribution in [-0.2, 0) is 12.8 Å². The van der Waals surface area contributed by atoms with E-state index >= 15 is 0 Å². The highest BCUT2D eigenvalue weighted by atomic mass is 32.1. The number of H-pyrrole nitrogens is 1. The fourth-order valence-corrected chi connectivity index (χ4v) is 3.26. The minimum Gasteiger partial charge on any atom is -0.492 e. The number of halogens is 1. The average molecular weight is 283 g/mol. The number of hydrogen-bond donors (Lipinski definition) is 2. The highest BCUT2D eigenvalue weighted by Gasteiger charge is 2.21. The number of aryl methyl sites for hydroxylation is 2. The molecule has 0 radical (unpaired) electrons. The topological polar surface area (TPSA) is 88.0 Å². The molecule has 19 heavy (non-hydrogen) atoms. The molecule has 1 aliphatic carbocycles. The van der Waals surface area contributed by atoms with Crippen LogP contribution in [0.3, 0.4) is 0 Å². The summed E-state index contributed by atoms with van der Waals surface area (Å²) in [5, 5.41) is 9.79. The minimum absolute atomic E-state index is 0.185. The summed E-state index contributed by atoms with van der Waals surface area (Å²) in [5.74, 6) is -2.38. The Bertz CT molecular complexity index is 738. The van der Waals surface area contributed by atoms with E-state index in [0.29, 0.717) is 4.57 Å². The van der Waals surface area contributed by atoms with Gasteiger partial charge in [-0.3, -0.25) is 9.78 Å². The van der Waals surface area contributed by atoms with Crippen LogP contribution in [0, 0.1) is 5.82 Å². The molecule has 0 aliphatic heterocycles. The number of nitrogens with one attached hydrogen (secondary N) is 1. The zero-order valence-corrected chi connectivity index (χ0v) is 10.6. The summed E-state index contributed by atoms with van der Waals surface area (Å²) in [6, 6.07) is 0. The number of aromatic nitrogens is 3. The fourth-order valence-electron chi connectivity index (χ4n) is 2.12. The first-order chi connectivity index (χ1) is 9.08. The molecule has 2 aromatic rings. The number of thiazole rings is 1. The van der Waals surface area contributed by atoms with Gasteiger partial charge in [-0.1, -0.05) is 0 Å². The Hall–Kier alpha value is -1.96. The molecule has 100 valence electrons. The molecule has 0 fully saturated rings. The second kappa shape index (κ2) is 4.30. The van der Waals surface area contributed by atoms with Gasteiger partial charge in [-0.2, -0.15) is 4.39 Å². The van der Waals surface area contributed by atoms with Crippen molar-refractivity contribution in [1.29, 1.82) is 0 Å². The molecule has 0 saturated carbocycles. The summed E-state index contributed by atoms with van der Waals surface area (Å²) < 4.78 is 14.1. The van der Waals surface area contributed by atoms with Gasteiger partial charge in [0.1, 0.15) is 0 Å². The van der Waals surface area contributed by atoms with E-state index in [4.69, 9.17) is 0 Å². The lowest BCUT2D eigenvalue weighted by Gasteiger charge is -2.06. The lowest BCUT2D eigenvalue weighted by Crippen LogP contribution is -2.30. The summed E-state index contributed by atoms with van der Waals surface area (Å²) in [6.45, 7) is 0. The van der Waals surface area contributed by atoms with Crippen molar-refractivity contribution in [2.45, 2.75) is 25.7 Å². The van der Waals surface area contributed by atoms with Crippen molar-refractivity contribution < 1.29 is 9.50 Å². The maximum atomic E-state index is 13.4. The molecule has 2 aromatic heterocycles. The van der Waals surface area contributed by atoms with Crippen LogP contribution in [0.15, 0.2) is 9.59 Å². The third kappa shape index (κ3) is 1.88. The van der Waals surface area contributed by atoms with Gasteiger partial charge >= 0.3 is 5.69 Å². The average Bonchev–Trinajstić information content (AvgIpc) is 2.79. The molecular formula is C11H10FN3O3S. The first-order valence-corrected chi connectivity index (χ1v) is 6.62. The quantitative estimate of drug-likeness (QED) is 0.806. The van der Waals surface area contributed by atoms with Crippen LogP contribution in [0.25, 0.3) is 5.13 Å². The van der Waals surface area contributed by atoms with Crippen LogP contribution in [0.1, 0.15) is 23.4 Å². The molecule has 2 heterocycles. The highest BCUT2D eigenvalue weighted by Crippen LogP contribution is 2.29. The summed E-state index contributed by atoms with van der Waals surface area (Å²) in [5.41, 5.74) is -1.25. The number of nitrogens with zero attached hydrogens (tertiary/aromatic N) is 2. The lowest BCUT2D eigenvalue weighted by atomic mass is 10.0. The zero-order valence-electron chi connectivity index (χ0n) is 9.77. The molecule has 2 N–H and O–H groups in total. The van der Waals surface area contributed by atoms with E-state index in [2.05, 4.69) is 4.98 Å². The van der Waals surface area contributed by atoms with Crippen molar-refractivity contribution in [2.24, 2.45) is 0 Å². The normalized spacial score (nSPS) is 14.4. The van der Waals surface area contributed by atoms with Gasteiger partial charge in [-0.25, -0.2) is 14.3 Å². The Labute approximate surface area is 110 Å². The molecule has 0 spiro atoms. The number of aromatic hydroxyl groups is 1. The van der Waals surface area contributed by atoms with Gasteiger partial charge in [0.2, 0.25) is 16.8 Å². The number of hydrogen-bond acceptors (Lipinski definition) is 5. The Morgan fingerprint density at radius 2 is 2.05 bits per heavy atom. The van der Waals surface area contributed by atoms with Crippen molar-refractivity contribution in [3.05, 3.63) is 37.2 Å². The van der Waals surface area contributed by atoms with E-state index < -0.39 is 22.9 Å². The van der Waals surface area contributed by atoms with Crippen molar-refractivity contribution in [3.63, 3.8) is 0 Å². The zero-order chi connectivity index (χ0) is 13.6. The second-order valence-corrected chi connectivity index (χ2v) is 5.37. The van der Waals surface area contributed by atoms with E-state index in [9.17, 15) is 19.1 Å². The molecule has 0 saturated heterocycles. The molecule has 3 rings (SSSR count). The first-order valence-electron chi connectivity index (χ1n) is 5.80. The van der Waals surface area contributed by atoms with Crippen molar-refractivity contribution in [2.75, 3.05) is 0 Å². The van der Waals surface area contributed by atoms with E-state index in [-0.39, 0.29) is 5.13 Å². The predicted octanol–water partition coefficient (Wildman–Crippen LogP) is 0.706. The van der Waals surface area contributed by atoms with E-state index in [1.54, 1.807) is 0 Å². The molecule has 0 atom stereocenters. The summed E-state index contributed by atoms with van der Waals surface area (Å²) in [7, 11) is 0.